The molecule has 2 N–H and O–H groups in total. The zero-order chi connectivity index (χ0) is 14.9. The van der Waals surface area contributed by atoms with Crippen LogP contribution in [0.1, 0.15) is 22.7 Å². The molecule has 1 unspecified atom stereocenters. The standard InChI is InChI=1S/C13H17N3O2S2/c1-9-6-7-11(19-9)10(2)16(3)20(17,18)12-5-4-8-15-13(12)14/h4-8,10H,1-3H3,(H2,14,15). The first kappa shape index (κ1) is 15.0. The largest absolute Gasteiger partial charge is 0.383 e. The summed E-state index contributed by atoms with van der Waals surface area (Å²) in [4.78, 5) is 6.03. The number of hydrogen-bond donors (Lipinski definition) is 1. The van der Waals surface area contributed by atoms with Gasteiger partial charge in [-0.05, 0) is 38.1 Å². The van der Waals surface area contributed by atoms with Crippen LogP contribution in [-0.4, -0.2) is 24.8 Å². The Bertz CT molecular complexity index is 710. The number of pyridine rings is 1. The maximum absolute atomic E-state index is 12.6. The third-order valence-corrected chi connectivity index (χ3v) is 6.32. The van der Waals surface area contributed by atoms with Crippen LogP contribution < -0.4 is 5.73 Å². The summed E-state index contributed by atoms with van der Waals surface area (Å²) in [5, 5.41) is 0. The Labute approximate surface area is 123 Å². The van der Waals surface area contributed by atoms with Gasteiger partial charge in [0.2, 0.25) is 10.0 Å². The zero-order valence-electron chi connectivity index (χ0n) is 11.6. The van der Waals surface area contributed by atoms with Crippen LogP contribution in [0.15, 0.2) is 35.4 Å². The van der Waals surface area contributed by atoms with Gasteiger partial charge in [0, 0.05) is 23.0 Å². The van der Waals surface area contributed by atoms with Crippen molar-refractivity contribution >= 4 is 27.2 Å². The Morgan fingerprint density at radius 3 is 2.60 bits per heavy atom. The molecule has 7 heteroatoms. The van der Waals surface area contributed by atoms with Crippen molar-refractivity contribution < 1.29 is 8.42 Å². The van der Waals surface area contributed by atoms with E-state index in [4.69, 9.17) is 5.73 Å². The zero-order valence-corrected chi connectivity index (χ0v) is 13.2. The van der Waals surface area contributed by atoms with E-state index in [1.54, 1.807) is 24.5 Å². The molecule has 5 nitrogen and oxygen atoms in total. The summed E-state index contributed by atoms with van der Waals surface area (Å²) in [6, 6.07) is 6.72. The van der Waals surface area contributed by atoms with Crippen LogP contribution in [0, 0.1) is 6.92 Å². The first-order valence-corrected chi connectivity index (χ1v) is 8.34. The number of rotatable bonds is 4. The van der Waals surface area contributed by atoms with Crippen molar-refractivity contribution in [1.29, 1.82) is 0 Å². The van der Waals surface area contributed by atoms with Crippen LogP contribution in [0.5, 0.6) is 0 Å². The third-order valence-electron chi connectivity index (χ3n) is 3.18. The topological polar surface area (TPSA) is 76.3 Å². The second-order valence-electron chi connectivity index (χ2n) is 4.53. The minimum atomic E-state index is -3.66. The number of aromatic nitrogens is 1. The van der Waals surface area contributed by atoms with Crippen molar-refractivity contribution in [3.05, 3.63) is 40.2 Å². The molecular formula is C13H17N3O2S2. The van der Waals surface area contributed by atoms with Gasteiger partial charge in [0.15, 0.2) is 0 Å². The molecule has 0 saturated carbocycles. The summed E-state index contributed by atoms with van der Waals surface area (Å²) in [6.45, 7) is 3.85. The summed E-state index contributed by atoms with van der Waals surface area (Å²) < 4.78 is 26.5. The van der Waals surface area contributed by atoms with Gasteiger partial charge in [-0.2, -0.15) is 4.31 Å². The number of aryl methyl sites for hydroxylation is 1. The normalized spacial score (nSPS) is 13.6. The predicted molar refractivity (Wildman–Crippen MR) is 81.1 cm³/mol. The maximum Gasteiger partial charge on any atom is 0.247 e. The van der Waals surface area contributed by atoms with Gasteiger partial charge in [0.25, 0.3) is 0 Å². The molecule has 0 spiro atoms. The smallest absolute Gasteiger partial charge is 0.247 e. The van der Waals surface area contributed by atoms with Crippen LogP contribution in [0.3, 0.4) is 0 Å². The Morgan fingerprint density at radius 1 is 1.35 bits per heavy atom. The first-order valence-electron chi connectivity index (χ1n) is 6.09. The fourth-order valence-electron chi connectivity index (χ4n) is 1.84. The van der Waals surface area contributed by atoms with Gasteiger partial charge in [-0.3, -0.25) is 0 Å². The lowest BCUT2D eigenvalue weighted by molar-refractivity contribution is 0.403. The average molecular weight is 311 g/mol. The van der Waals surface area contributed by atoms with Gasteiger partial charge < -0.3 is 5.73 Å². The molecule has 20 heavy (non-hydrogen) atoms. The Balaban J connectivity index is 2.37. The monoisotopic (exact) mass is 311 g/mol. The van der Waals surface area contributed by atoms with E-state index in [0.29, 0.717) is 0 Å². The van der Waals surface area contributed by atoms with Crippen molar-refractivity contribution in [3.63, 3.8) is 0 Å². The minimum Gasteiger partial charge on any atom is -0.383 e. The van der Waals surface area contributed by atoms with E-state index >= 15 is 0 Å². The highest BCUT2D eigenvalue weighted by atomic mass is 32.2. The van der Waals surface area contributed by atoms with Crippen molar-refractivity contribution in [2.75, 3.05) is 12.8 Å². The molecule has 1 atom stereocenters. The van der Waals surface area contributed by atoms with Crippen LogP contribution in [0.2, 0.25) is 0 Å². The van der Waals surface area contributed by atoms with Crippen molar-refractivity contribution in [2.24, 2.45) is 0 Å². The molecule has 0 aliphatic rings. The van der Waals surface area contributed by atoms with Gasteiger partial charge in [0.1, 0.15) is 10.7 Å². The maximum atomic E-state index is 12.6. The molecule has 0 bridgehead atoms. The summed E-state index contributed by atoms with van der Waals surface area (Å²) in [7, 11) is -2.10. The summed E-state index contributed by atoms with van der Waals surface area (Å²) in [6.07, 6.45) is 1.47. The number of hydrogen-bond acceptors (Lipinski definition) is 5. The summed E-state index contributed by atoms with van der Waals surface area (Å²) in [5.74, 6) is 0.0221. The van der Waals surface area contributed by atoms with E-state index in [-0.39, 0.29) is 16.8 Å². The number of anilines is 1. The highest BCUT2D eigenvalue weighted by molar-refractivity contribution is 7.89. The fraction of sp³-hybridized carbons (Fsp3) is 0.308. The summed E-state index contributed by atoms with van der Waals surface area (Å²) >= 11 is 1.59. The van der Waals surface area contributed by atoms with Crippen molar-refractivity contribution in [2.45, 2.75) is 24.8 Å². The van der Waals surface area contributed by atoms with Crippen LogP contribution in [0.4, 0.5) is 5.82 Å². The molecular weight excluding hydrogens is 294 g/mol. The van der Waals surface area contributed by atoms with E-state index in [9.17, 15) is 8.42 Å². The Morgan fingerprint density at radius 2 is 2.05 bits per heavy atom. The number of nitrogen functional groups attached to an aromatic ring is 1. The molecule has 2 heterocycles. The lowest BCUT2D eigenvalue weighted by atomic mass is 10.3. The summed E-state index contributed by atoms with van der Waals surface area (Å²) in [5.41, 5.74) is 5.67. The van der Waals surface area contributed by atoms with Crippen molar-refractivity contribution in [1.82, 2.24) is 9.29 Å². The van der Waals surface area contributed by atoms with E-state index in [1.807, 2.05) is 26.0 Å². The molecule has 108 valence electrons. The lowest BCUT2D eigenvalue weighted by Gasteiger charge is -2.23. The molecule has 0 radical (unpaired) electrons. The van der Waals surface area contributed by atoms with E-state index in [1.165, 1.54) is 16.6 Å². The highest BCUT2D eigenvalue weighted by Gasteiger charge is 2.28. The van der Waals surface area contributed by atoms with Crippen molar-refractivity contribution in [3.8, 4) is 0 Å². The number of nitrogens with zero attached hydrogens (tertiary/aromatic N) is 2. The van der Waals surface area contributed by atoms with Gasteiger partial charge >= 0.3 is 0 Å². The highest BCUT2D eigenvalue weighted by Crippen LogP contribution is 2.31. The van der Waals surface area contributed by atoms with E-state index < -0.39 is 10.0 Å². The van der Waals surface area contributed by atoms with Gasteiger partial charge in [-0.1, -0.05) is 0 Å². The first-order chi connectivity index (χ1) is 9.34. The molecule has 0 saturated heterocycles. The molecule has 0 aromatic carbocycles. The van der Waals surface area contributed by atoms with Gasteiger partial charge in [0.05, 0.1) is 6.04 Å². The molecule has 2 rings (SSSR count). The van der Waals surface area contributed by atoms with E-state index in [0.717, 1.165) is 9.75 Å². The quantitative estimate of drug-likeness (QED) is 0.940. The SMILES string of the molecule is Cc1ccc(C(C)N(C)S(=O)(=O)c2cccnc2N)s1. The predicted octanol–water partition coefficient (Wildman–Crippen LogP) is 2.42. The Hall–Kier alpha value is -1.44. The molecule has 0 fully saturated rings. The number of nitrogens with two attached hydrogens (primary N) is 1. The molecule has 2 aromatic rings. The molecule has 0 aliphatic heterocycles. The number of sulfonamides is 1. The lowest BCUT2D eigenvalue weighted by Crippen LogP contribution is -2.30. The van der Waals surface area contributed by atoms with E-state index in [2.05, 4.69) is 4.98 Å². The van der Waals surface area contributed by atoms with Gasteiger partial charge in [-0.15, -0.1) is 11.3 Å². The van der Waals surface area contributed by atoms with Crippen LogP contribution >= 0.6 is 11.3 Å². The second kappa shape index (κ2) is 5.51. The third kappa shape index (κ3) is 2.70. The number of thiophene rings is 1. The van der Waals surface area contributed by atoms with Gasteiger partial charge in [-0.25, -0.2) is 13.4 Å². The minimum absolute atomic E-state index is 0.0221. The van der Waals surface area contributed by atoms with Crippen LogP contribution in [-0.2, 0) is 10.0 Å². The van der Waals surface area contributed by atoms with Crippen LogP contribution in [0.25, 0.3) is 0 Å². The second-order valence-corrected chi connectivity index (χ2v) is 7.82. The Kier molecular flexibility index (Phi) is 4.12. The molecule has 0 amide bonds. The molecule has 2 aromatic heterocycles. The fourth-order valence-corrected chi connectivity index (χ4v) is 4.29. The average Bonchev–Trinajstić information content (AvgIpc) is 2.84. The molecule has 0 aliphatic carbocycles.